The van der Waals surface area contributed by atoms with E-state index in [2.05, 4.69) is 14.9 Å². The third-order valence-corrected chi connectivity index (χ3v) is 3.60. The average Bonchev–Trinajstić information content (AvgIpc) is 2.33. The SMILES string of the molecule is Cc1ncc(N(C)C2CCC(=O)CC2)nc1C. The summed E-state index contributed by atoms with van der Waals surface area (Å²) in [5.41, 5.74) is 1.95. The van der Waals surface area contributed by atoms with Crippen LogP contribution in [0.1, 0.15) is 37.1 Å². The van der Waals surface area contributed by atoms with Gasteiger partial charge in [0, 0.05) is 25.9 Å². The van der Waals surface area contributed by atoms with Crippen molar-refractivity contribution in [2.75, 3.05) is 11.9 Å². The summed E-state index contributed by atoms with van der Waals surface area (Å²) >= 11 is 0. The summed E-state index contributed by atoms with van der Waals surface area (Å²) in [6, 6.07) is 0.420. The molecule has 4 nitrogen and oxygen atoms in total. The number of rotatable bonds is 2. The number of nitrogens with zero attached hydrogens (tertiary/aromatic N) is 3. The molecule has 1 aliphatic rings. The summed E-state index contributed by atoms with van der Waals surface area (Å²) < 4.78 is 0. The van der Waals surface area contributed by atoms with Crippen LogP contribution in [0, 0.1) is 13.8 Å². The summed E-state index contributed by atoms with van der Waals surface area (Å²) in [7, 11) is 2.04. The van der Waals surface area contributed by atoms with Crippen LogP contribution in [-0.4, -0.2) is 28.8 Å². The third-order valence-electron chi connectivity index (χ3n) is 3.60. The molecule has 4 heteroatoms. The number of anilines is 1. The van der Waals surface area contributed by atoms with E-state index in [1.807, 2.05) is 27.1 Å². The lowest BCUT2D eigenvalue weighted by Crippen LogP contribution is -2.36. The maximum atomic E-state index is 11.2. The molecule has 0 unspecified atom stereocenters. The Bertz CT molecular complexity index is 421. The van der Waals surface area contributed by atoms with Gasteiger partial charge in [0.1, 0.15) is 11.6 Å². The molecule has 1 aromatic rings. The second kappa shape index (κ2) is 4.82. The average molecular weight is 233 g/mol. The quantitative estimate of drug-likeness (QED) is 0.784. The molecule has 1 fully saturated rings. The monoisotopic (exact) mass is 233 g/mol. The minimum absolute atomic E-state index is 0.390. The van der Waals surface area contributed by atoms with Crippen molar-refractivity contribution in [1.82, 2.24) is 9.97 Å². The fourth-order valence-electron chi connectivity index (χ4n) is 2.20. The van der Waals surface area contributed by atoms with Crippen LogP contribution in [-0.2, 0) is 4.79 Å². The van der Waals surface area contributed by atoms with Gasteiger partial charge >= 0.3 is 0 Å². The highest BCUT2D eigenvalue weighted by Gasteiger charge is 2.23. The Morgan fingerprint density at radius 3 is 2.47 bits per heavy atom. The van der Waals surface area contributed by atoms with E-state index in [1.54, 1.807) is 0 Å². The van der Waals surface area contributed by atoms with E-state index in [0.29, 0.717) is 24.7 Å². The first kappa shape index (κ1) is 12.0. The van der Waals surface area contributed by atoms with Gasteiger partial charge < -0.3 is 4.90 Å². The van der Waals surface area contributed by atoms with Crippen molar-refractivity contribution in [3.05, 3.63) is 17.6 Å². The van der Waals surface area contributed by atoms with Gasteiger partial charge in [-0.25, -0.2) is 4.98 Å². The lowest BCUT2D eigenvalue weighted by Gasteiger charge is -2.31. The van der Waals surface area contributed by atoms with Gasteiger partial charge in [0.2, 0.25) is 0 Å². The van der Waals surface area contributed by atoms with Crippen molar-refractivity contribution in [2.24, 2.45) is 0 Å². The first-order valence-electron chi connectivity index (χ1n) is 6.12. The van der Waals surface area contributed by atoms with Gasteiger partial charge in [-0.2, -0.15) is 0 Å². The zero-order valence-corrected chi connectivity index (χ0v) is 10.7. The number of carbonyl (C=O) groups excluding carboxylic acids is 1. The Morgan fingerprint density at radius 1 is 1.24 bits per heavy atom. The van der Waals surface area contributed by atoms with Crippen LogP contribution in [0.3, 0.4) is 0 Å². The Kier molecular flexibility index (Phi) is 3.41. The smallest absolute Gasteiger partial charge is 0.147 e. The normalized spacial score (nSPS) is 17.2. The summed E-state index contributed by atoms with van der Waals surface area (Å²) in [5, 5.41) is 0. The summed E-state index contributed by atoms with van der Waals surface area (Å²) in [6.07, 6.45) is 5.09. The molecule has 0 bridgehead atoms. The first-order valence-corrected chi connectivity index (χ1v) is 6.12. The molecule has 0 spiro atoms. The van der Waals surface area contributed by atoms with E-state index in [-0.39, 0.29) is 0 Å². The molecule has 0 atom stereocenters. The van der Waals surface area contributed by atoms with Crippen LogP contribution < -0.4 is 4.90 Å². The van der Waals surface area contributed by atoms with Gasteiger partial charge in [0.25, 0.3) is 0 Å². The van der Waals surface area contributed by atoms with Crippen molar-refractivity contribution in [3.63, 3.8) is 0 Å². The van der Waals surface area contributed by atoms with Crippen LogP contribution in [0.4, 0.5) is 5.82 Å². The van der Waals surface area contributed by atoms with Crippen molar-refractivity contribution in [2.45, 2.75) is 45.6 Å². The number of hydrogen-bond donors (Lipinski definition) is 0. The fraction of sp³-hybridized carbons (Fsp3) is 0.615. The van der Waals surface area contributed by atoms with E-state index in [1.165, 1.54) is 0 Å². The molecule has 0 saturated heterocycles. The van der Waals surface area contributed by atoms with Gasteiger partial charge in [0.15, 0.2) is 0 Å². The zero-order valence-electron chi connectivity index (χ0n) is 10.7. The summed E-state index contributed by atoms with van der Waals surface area (Å²) in [4.78, 5) is 22.3. The van der Waals surface area contributed by atoms with Crippen LogP contribution in [0.5, 0.6) is 0 Å². The molecule has 0 radical (unpaired) electrons. The maximum absolute atomic E-state index is 11.2. The predicted octanol–water partition coefficient (Wildman–Crippen LogP) is 2.04. The Balaban J connectivity index is 2.11. The topological polar surface area (TPSA) is 46.1 Å². The molecule has 0 amide bonds. The van der Waals surface area contributed by atoms with E-state index in [0.717, 1.165) is 30.0 Å². The van der Waals surface area contributed by atoms with Gasteiger partial charge in [-0.3, -0.25) is 9.78 Å². The van der Waals surface area contributed by atoms with E-state index >= 15 is 0 Å². The molecule has 1 aliphatic carbocycles. The zero-order chi connectivity index (χ0) is 12.4. The third kappa shape index (κ3) is 2.62. The molecule has 17 heavy (non-hydrogen) atoms. The first-order chi connectivity index (χ1) is 8.08. The van der Waals surface area contributed by atoms with Gasteiger partial charge in [-0.05, 0) is 26.7 Å². The number of carbonyl (C=O) groups is 1. The molecule has 0 aliphatic heterocycles. The number of ketones is 1. The molecular weight excluding hydrogens is 214 g/mol. The van der Waals surface area contributed by atoms with Crippen molar-refractivity contribution < 1.29 is 4.79 Å². The van der Waals surface area contributed by atoms with Crippen LogP contribution in [0.25, 0.3) is 0 Å². The number of hydrogen-bond acceptors (Lipinski definition) is 4. The van der Waals surface area contributed by atoms with Crippen LogP contribution in [0.15, 0.2) is 6.20 Å². The highest BCUT2D eigenvalue weighted by Crippen LogP contribution is 2.23. The number of aromatic nitrogens is 2. The number of Topliss-reactive ketones (excluding diaryl/α,β-unsaturated/α-hetero) is 1. The second-order valence-corrected chi connectivity index (χ2v) is 4.78. The highest BCUT2D eigenvalue weighted by molar-refractivity contribution is 5.79. The highest BCUT2D eigenvalue weighted by atomic mass is 16.1. The Labute approximate surface area is 102 Å². The van der Waals surface area contributed by atoms with Gasteiger partial charge in [0.05, 0.1) is 17.6 Å². The molecule has 0 N–H and O–H groups in total. The van der Waals surface area contributed by atoms with Crippen LogP contribution >= 0.6 is 0 Å². The minimum Gasteiger partial charge on any atom is -0.355 e. The van der Waals surface area contributed by atoms with Gasteiger partial charge in [-0.1, -0.05) is 0 Å². The molecule has 1 heterocycles. The lowest BCUT2D eigenvalue weighted by atomic mass is 9.93. The standard InChI is InChI=1S/C13H19N3O/c1-9-10(2)15-13(8-14-9)16(3)11-4-6-12(17)7-5-11/h8,11H,4-7H2,1-3H3. The molecule has 92 valence electrons. The molecule has 1 aromatic heterocycles. The van der Waals surface area contributed by atoms with Crippen LogP contribution in [0.2, 0.25) is 0 Å². The van der Waals surface area contributed by atoms with E-state index < -0.39 is 0 Å². The predicted molar refractivity (Wildman–Crippen MR) is 67.2 cm³/mol. The van der Waals surface area contributed by atoms with Crippen molar-refractivity contribution >= 4 is 11.6 Å². The number of aryl methyl sites for hydroxylation is 2. The molecular formula is C13H19N3O. The molecule has 1 saturated carbocycles. The summed E-state index contributed by atoms with van der Waals surface area (Å²) in [6.45, 7) is 3.94. The fourth-order valence-corrected chi connectivity index (χ4v) is 2.20. The summed E-state index contributed by atoms with van der Waals surface area (Å²) in [5.74, 6) is 1.30. The van der Waals surface area contributed by atoms with Crippen molar-refractivity contribution in [1.29, 1.82) is 0 Å². The molecule has 2 rings (SSSR count). The Morgan fingerprint density at radius 2 is 1.88 bits per heavy atom. The van der Waals surface area contributed by atoms with Crippen molar-refractivity contribution in [3.8, 4) is 0 Å². The van der Waals surface area contributed by atoms with Gasteiger partial charge in [-0.15, -0.1) is 0 Å². The maximum Gasteiger partial charge on any atom is 0.147 e. The lowest BCUT2D eigenvalue weighted by molar-refractivity contribution is -0.120. The van der Waals surface area contributed by atoms with E-state index in [9.17, 15) is 4.79 Å². The minimum atomic E-state index is 0.390. The molecule has 0 aromatic carbocycles. The Hall–Kier alpha value is -1.45. The largest absolute Gasteiger partial charge is 0.355 e. The van der Waals surface area contributed by atoms with E-state index in [4.69, 9.17) is 0 Å². The second-order valence-electron chi connectivity index (χ2n) is 4.78.